The van der Waals surface area contributed by atoms with Gasteiger partial charge in [-0.25, -0.2) is 9.97 Å². The first-order valence-corrected chi connectivity index (χ1v) is 6.23. The molecule has 2 rings (SSSR count). The molecule has 94 valence electrons. The third-order valence-corrected chi connectivity index (χ3v) is 2.71. The molecule has 1 saturated carbocycles. The predicted octanol–water partition coefficient (Wildman–Crippen LogP) is 1.46. The van der Waals surface area contributed by atoms with Crippen LogP contribution in [0.4, 0.5) is 11.6 Å². The van der Waals surface area contributed by atoms with E-state index in [4.69, 9.17) is 10.5 Å². The number of nitrogens with two attached hydrogens (primary N) is 1. The molecular weight excluding hydrogens is 216 g/mol. The van der Waals surface area contributed by atoms with E-state index in [1.165, 1.54) is 12.8 Å². The summed E-state index contributed by atoms with van der Waals surface area (Å²) < 4.78 is 5.53. The zero-order valence-corrected chi connectivity index (χ0v) is 10.3. The summed E-state index contributed by atoms with van der Waals surface area (Å²) in [5.74, 6) is 2.88. The second-order valence-electron chi connectivity index (χ2n) is 4.39. The summed E-state index contributed by atoms with van der Waals surface area (Å²) in [6.07, 6.45) is 3.45. The van der Waals surface area contributed by atoms with Crippen LogP contribution in [0, 0.1) is 5.92 Å². The van der Waals surface area contributed by atoms with Gasteiger partial charge in [0.25, 0.3) is 0 Å². The van der Waals surface area contributed by atoms with Gasteiger partial charge in [0, 0.05) is 25.6 Å². The molecule has 5 nitrogen and oxygen atoms in total. The Morgan fingerprint density at radius 2 is 2.29 bits per heavy atom. The fourth-order valence-electron chi connectivity index (χ4n) is 1.55. The number of rotatable bonds is 7. The normalized spacial score (nSPS) is 14.9. The second kappa shape index (κ2) is 5.82. The highest BCUT2D eigenvalue weighted by atomic mass is 16.5. The van der Waals surface area contributed by atoms with Crippen LogP contribution in [0.25, 0.3) is 0 Å². The fourth-order valence-corrected chi connectivity index (χ4v) is 1.55. The van der Waals surface area contributed by atoms with Crippen molar-refractivity contribution < 1.29 is 4.74 Å². The van der Waals surface area contributed by atoms with Crippen LogP contribution in [0.15, 0.2) is 6.07 Å². The Hall–Kier alpha value is -1.36. The number of nitrogens with zero attached hydrogens (tertiary/aromatic N) is 2. The molecule has 1 aliphatic carbocycles. The molecule has 5 heteroatoms. The van der Waals surface area contributed by atoms with Crippen molar-refractivity contribution in [1.29, 1.82) is 0 Å². The Balaban J connectivity index is 1.71. The maximum absolute atomic E-state index is 5.69. The number of nitrogen functional groups attached to an aromatic ring is 1. The van der Waals surface area contributed by atoms with Crippen LogP contribution in [-0.2, 0) is 11.2 Å². The van der Waals surface area contributed by atoms with Crippen molar-refractivity contribution in [3.63, 3.8) is 0 Å². The highest BCUT2D eigenvalue weighted by Gasteiger charge is 2.20. The van der Waals surface area contributed by atoms with Crippen molar-refractivity contribution in [1.82, 2.24) is 9.97 Å². The highest BCUT2D eigenvalue weighted by molar-refractivity contribution is 5.44. The minimum atomic E-state index is 0.512. The molecule has 3 N–H and O–H groups in total. The first-order valence-electron chi connectivity index (χ1n) is 6.23. The Morgan fingerprint density at radius 1 is 1.47 bits per heavy atom. The van der Waals surface area contributed by atoms with E-state index in [1.54, 1.807) is 6.07 Å². The first-order chi connectivity index (χ1) is 8.28. The molecule has 0 spiro atoms. The van der Waals surface area contributed by atoms with Gasteiger partial charge < -0.3 is 15.8 Å². The van der Waals surface area contributed by atoms with Crippen molar-refractivity contribution in [3.05, 3.63) is 11.9 Å². The third-order valence-electron chi connectivity index (χ3n) is 2.71. The van der Waals surface area contributed by atoms with Crippen molar-refractivity contribution in [2.75, 3.05) is 30.8 Å². The van der Waals surface area contributed by atoms with E-state index in [0.717, 1.165) is 37.1 Å². The van der Waals surface area contributed by atoms with E-state index in [2.05, 4.69) is 15.3 Å². The Labute approximate surface area is 102 Å². The molecule has 0 aromatic carbocycles. The Kier molecular flexibility index (Phi) is 4.14. The van der Waals surface area contributed by atoms with Gasteiger partial charge in [-0.2, -0.15) is 0 Å². The predicted molar refractivity (Wildman–Crippen MR) is 67.9 cm³/mol. The average Bonchev–Trinajstić information content (AvgIpc) is 3.12. The molecule has 0 radical (unpaired) electrons. The van der Waals surface area contributed by atoms with E-state index in [-0.39, 0.29) is 0 Å². The van der Waals surface area contributed by atoms with Crippen LogP contribution in [0.1, 0.15) is 25.6 Å². The van der Waals surface area contributed by atoms with Crippen LogP contribution in [0.5, 0.6) is 0 Å². The number of hydrogen-bond acceptors (Lipinski definition) is 5. The molecule has 1 aromatic rings. The van der Waals surface area contributed by atoms with Crippen molar-refractivity contribution in [3.8, 4) is 0 Å². The minimum absolute atomic E-state index is 0.512. The molecule has 0 aliphatic heterocycles. The lowest BCUT2D eigenvalue weighted by atomic mass is 10.4. The molecule has 0 amide bonds. The van der Waals surface area contributed by atoms with Gasteiger partial charge in [-0.15, -0.1) is 0 Å². The maximum atomic E-state index is 5.69. The summed E-state index contributed by atoms with van der Waals surface area (Å²) in [6.45, 7) is 4.37. The summed E-state index contributed by atoms with van der Waals surface area (Å²) in [4.78, 5) is 8.46. The summed E-state index contributed by atoms with van der Waals surface area (Å²) >= 11 is 0. The van der Waals surface area contributed by atoms with Crippen LogP contribution in [0.3, 0.4) is 0 Å². The number of anilines is 2. The SMILES string of the molecule is CCc1nc(N)cc(NCCOCC2CC2)n1. The van der Waals surface area contributed by atoms with E-state index in [0.29, 0.717) is 12.4 Å². The highest BCUT2D eigenvalue weighted by Crippen LogP contribution is 2.28. The molecule has 1 fully saturated rings. The number of ether oxygens (including phenoxy) is 1. The topological polar surface area (TPSA) is 73.1 Å². The average molecular weight is 236 g/mol. The molecule has 0 bridgehead atoms. The fraction of sp³-hybridized carbons (Fsp3) is 0.667. The molecule has 17 heavy (non-hydrogen) atoms. The van der Waals surface area contributed by atoms with Crippen molar-refractivity contribution in [2.24, 2.45) is 5.92 Å². The monoisotopic (exact) mass is 236 g/mol. The summed E-state index contributed by atoms with van der Waals surface area (Å²) in [7, 11) is 0. The lowest BCUT2D eigenvalue weighted by molar-refractivity contribution is 0.134. The van der Waals surface area contributed by atoms with Gasteiger partial charge in [-0.3, -0.25) is 0 Å². The zero-order chi connectivity index (χ0) is 12.1. The molecular formula is C12H20N4O. The maximum Gasteiger partial charge on any atom is 0.132 e. The summed E-state index contributed by atoms with van der Waals surface area (Å²) in [5, 5.41) is 3.20. The molecule has 1 aromatic heterocycles. The third kappa shape index (κ3) is 4.19. The van der Waals surface area contributed by atoms with Gasteiger partial charge in [0.05, 0.1) is 6.61 Å². The van der Waals surface area contributed by atoms with Gasteiger partial charge in [0.2, 0.25) is 0 Å². The first kappa shape index (κ1) is 12.1. The van der Waals surface area contributed by atoms with Crippen LogP contribution < -0.4 is 11.1 Å². The van der Waals surface area contributed by atoms with E-state index < -0.39 is 0 Å². The minimum Gasteiger partial charge on any atom is -0.384 e. The van der Waals surface area contributed by atoms with Crippen LogP contribution in [0.2, 0.25) is 0 Å². The van der Waals surface area contributed by atoms with Gasteiger partial charge >= 0.3 is 0 Å². The van der Waals surface area contributed by atoms with E-state index >= 15 is 0 Å². The van der Waals surface area contributed by atoms with E-state index in [1.807, 2.05) is 6.92 Å². The number of hydrogen-bond donors (Lipinski definition) is 2. The second-order valence-corrected chi connectivity index (χ2v) is 4.39. The molecule has 0 atom stereocenters. The number of aromatic nitrogens is 2. The quantitative estimate of drug-likeness (QED) is 0.701. The van der Waals surface area contributed by atoms with E-state index in [9.17, 15) is 0 Å². The molecule has 1 aliphatic rings. The number of aryl methyl sites for hydroxylation is 1. The van der Waals surface area contributed by atoms with Crippen LogP contribution in [-0.4, -0.2) is 29.7 Å². The standard InChI is InChI=1S/C12H20N4O/c1-2-11-15-10(13)7-12(16-11)14-5-6-17-8-9-3-4-9/h7,9H,2-6,8H2,1H3,(H3,13,14,15,16). The van der Waals surface area contributed by atoms with Gasteiger partial charge in [-0.05, 0) is 18.8 Å². The lowest BCUT2D eigenvalue weighted by Gasteiger charge is -2.08. The van der Waals surface area contributed by atoms with Gasteiger partial charge in [0.15, 0.2) is 0 Å². The van der Waals surface area contributed by atoms with Crippen molar-refractivity contribution in [2.45, 2.75) is 26.2 Å². The molecule has 0 unspecified atom stereocenters. The summed E-state index contributed by atoms with van der Waals surface area (Å²) in [5.41, 5.74) is 5.69. The smallest absolute Gasteiger partial charge is 0.132 e. The van der Waals surface area contributed by atoms with Crippen molar-refractivity contribution >= 4 is 11.6 Å². The summed E-state index contributed by atoms with van der Waals surface area (Å²) in [6, 6.07) is 1.75. The lowest BCUT2D eigenvalue weighted by Crippen LogP contribution is -2.12. The molecule has 1 heterocycles. The number of nitrogens with one attached hydrogen (secondary N) is 1. The van der Waals surface area contributed by atoms with Crippen LogP contribution >= 0.6 is 0 Å². The Bertz CT molecular complexity index is 366. The Morgan fingerprint density at radius 3 is 3.00 bits per heavy atom. The van der Waals surface area contributed by atoms with Gasteiger partial charge in [-0.1, -0.05) is 6.92 Å². The molecule has 0 saturated heterocycles. The largest absolute Gasteiger partial charge is 0.384 e. The zero-order valence-electron chi connectivity index (χ0n) is 10.3. The van der Waals surface area contributed by atoms with Gasteiger partial charge in [0.1, 0.15) is 17.5 Å².